The predicted molar refractivity (Wildman–Crippen MR) is 245 cm³/mol. The molecule has 20 nitrogen and oxygen atoms in total. The minimum atomic E-state index is -4.83. The maximum absolute atomic E-state index is 12.7. The standard InChI is InChI=1S/C40H40N12O8S2.2Na/c53-61(54,55)33-25-31(43-37-45-35(41-29-7-3-1-4-8-29)47-39(49-37)51-17-21-59-22-18-51)15-13-27(33)11-12-28-14-16-32(26-34(28)62(56,57)58)44-38-46-36(42-30-9-5-2-6-10-30)48-40(50-38)52-19-23-60-24-20-52;;/h1-16,25-26H,17-24H2,(H,53,54,55)(H,56,57,58)(H2,41,43,45,47,49)(H2,42,44,46,48,50);;/b12-11+;;. The topological polar surface area (TPSA) is 259 Å². The molecule has 0 aliphatic carbocycles. The average molecular weight is 927 g/mol. The van der Waals surface area contributed by atoms with Gasteiger partial charge in [0.1, 0.15) is 9.79 Å². The molecule has 2 aliphatic rings. The van der Waals surface area contributed by atoms with Crippen molar-refractivity contribution in [1.29, 1.82) is 0 Å². The van der Waals surface area contributed by atoms with E-state index in [0.29, 0.717) is 64.5 Å². The van der Waals surface area contributed by atoms with Gasteiger partial charge in [-0.05, 0) is 59.7 Å². The molecule has 64 heavy (non-hydrogen) atoms. The molecular weight excluding hydrogens is 887 g/mol. The van der Waals surface area contributed by atoms with Crippen LogP contribution in [0.3, 0.4) is 0 Å². The summed E-state index contributed by atoms with van der Waals surface area (Å²) in [5.41, 5.74) is 1.92. The number of rotatable bonds is 14. The number of anilines is 10. The Bertz CT molecular complexity index is 2620. The van der Waals surface area contributed by atoms with Gasteiger partial charge in [-0.1, -0.05) is 60.7 Å². The molecular formula is C40H40N12Na2O8S2. The summed E-state index contributed by atoms with van der Waals surface area (Å²) < 4.78 is 82.5. The van der Waals surface area contributed by atoms with Crippen LogP contribution in [0.4, 0.5) is 58.4 Å². The fourth-order valence-electron chi connectivity index (χ4n) is 6.45. The van der Waals surface area contributed by atoms with E-state index in [1.54, 1.807) is 0 Å². The van der Waals surface area contributed by atoms with Crippen molar-refractivity contribution < 1.29 is 35.4 Å². The predicted octanol–water partition coefficient (Wildman–Crippen LogP) is 4.61. The minimum absolute atomic E-state index is 0. The minimum Gasteiger partial charge on any atom is -0.378 e. The van der Waals surface area contributed by atoms with Gasteiger partial charge in [-0.3, -0.25) is 9.11 Å². The van der Waals surface area contributed by atoms with Gasteiger partial charge in [0.25, 0.3) is 20.2 Å². The summed E-state index contributed by atoms with van der Waals surface area (Å²) in [6.07, 6.45) is 2.60. The molecule has 6 N–H and O–H groups in total. The zero-order chi connectivity index (χ0) is 43.1. The zero-order valence-electron chi connectivity index (χ0n) is 34.8. The molecule has 2 radical (unpaired) electrons. The van der Waals surface area contributed by atoms with Crippen molar-refractivity contribution in [2.45, 2.75) is 9.79 Å². The Morgan fingerprint density at radius 3 is 1.12 bits per heavy atom. The molecule has 0 atom stereocenters. The van der Waals surface area contributed by atoms with E-state index in [4.69, 9.17) is 9.47 Å². The van der Waals surface area contributed by atoms with E-state index in [2.05, 4.69) is 51.2 Å². The number of nitrogens with one attached hydrogen (secondary N) is 4. The Labute approximate surface area is 413 Å². The number of hydrogen-bond donors (Lipinski definition) is 6. The van der Waals surface area contributed by atoms with Crippen molar-refractivity contribution in [3.05, 3.63) is 108 Å². The fraction of sp³-hybridized carbons (Fsp3) is 0.200. The van der Waals surface area contributed by atoms with Gasteiger partial charge in [-0.25, -0.2) is 0 Å². The van der Waals surface area contributed by atoms with Crippen molar-refractivity contribution >= 4 is 150 Å². The maximum Gasteiger partial charge on any atom is 0.295 e. The van der Waals surface area contributed by atoms with Gasteiger partial charge in [0, 0.05) is 108 Å². The van der Waals surface area contributed by atoms with Crippen molar-refractivity contribution in [1.82, 2.24) is 29.9 Å². The summed E-state index contributed by atoms with van der Waals surface area (Å²) in [6, 6.07) is 26.8. The van der Waals surface area contributed by atoms with E-state index in [1.807, 2.05) is 70.5 Å². The Morgan fingerprint density at radius 1 is 0.469 bits per heavy atom. The number of benzene rings is 4. The first-order valence-electron chi connectivity index (χ1n) is 19.2. The maximum atomic E-state index is 12.7. The van der Waals surface area contributed by atoms with Crippen LogP contribution >= 0.6 is 0 Å². The van der Waals surface area contributed by atoms with E-state index in [-0.39, 0.29) is 105 Å². The van der Waals surface area contributed by atoms with Crippen molar-refractivity contribution in [3.63, 3.8) is 0 Å². The molecule has 0 spiro atoms. The molecule has 0 saturated carbocycles. The fourth-order valence-corrected chi connectivity index (χ4v) is 7.87. The molecule has 0 bridgehead atoms. The number of nitrogens with zero attached hydrogens (tertiary/aromatic N) is 8. The second-order valence-corrected chi connectivity index (χ2v) is 16.6. The van der Waals surface area contributed by atoms with Gasteiger partial charge in [0.2, 0.25) is 35.7 Å². The summed E-state index contributed by atoms with van der Waals surface area (Å²) in [5.74, 6) is 1.38. The molecule has 0 amide bonds. The third-order valence-electron chi connectivity index (χ3n) is 9.43. The van der Waals surface area contributed by atoms with Crippen LogP contribution in [0.25, 0.3) is 12.2 Å². The molecule has 2 fully saturated rings. The summed E-state index contributed by atoms with van der Waals surface area (Å²) in [5, 5.41) is 12.3. The first-order chi connectivity index (χ1) is 29.9. The molecule has 4 aromatic carbocycles. The Balaban J connectivity index is 0.00000340. The number of ether oxygens (including phenoxy) is 2. The van der Waals surface area contributed by atoms with Gasteiger partial charge in [0.05, 0.1) is 26.4 Å². The average Bonchev–Trinajstić information content (AvgIpc) is 3.27. The van der Waals surface area contributed by atoms with Crippen LogP contribution < -0.4 is 31.1 Å². The smallest absolute Gasteiger partial charge is 0.295 e. The van der Waals surface area contributed by atoms with Crippen LogP contribution in [0.2, 0.25) is 0 Å². The zero-order valence-corrected chi connectivity index (χ0v) is 40.4. The van der Waals surface area contributed by atoms with E-state index < -0.39 is 30.0 Å². The summed E-state index contributed by atoms with van der Waals surface area (Å²) >= 11 is 0. The van der Waals surface area contributed by atoms with E-state index in [0.717, 1.165) is 11.4 Å². The molecule has 2 aliphatic heterocycles. The first kappa shape index (κ1) is 48.6. The third-order valence-corrected chi connectivity index (χ3v) is 11.3. The van der Waals surface area contributed by atoms with Crippen LogP contribution in [0.15, 0.2) is 107 Å². The van der Waals surface area contributed by atoms with Crippen LogP contribution in [0.5, 0.6) is 0 Å². The van der Waals surface area contributed by atoms with Crippen LogP contribution in [-0.2, 0) is 29.7 Å². The van der Waals surface area contributed by atoms with E-state index in [1.165, 1.54) is 48.6 Å². The largest absolute Gasteiger partial charge is 0.378 e. The Hall–Kier alpha value is -4.82. The number of para-hydroxylation sites is 2. The second kappa shape index (κ2) is 21.9. The molecule has 2 saturated heterocycles. The van der Waals surface area contributed by atoms with Crippen LogP contribution in [0, 0.1) is 0 Å². The normalized spacial score (nSPS) is 14.3. The summed E-state index contributed by atoms with van der Waals surface area (Å²) in [7, 11) is -9.67. The third kappa shape index (κ3) is 12.9. The molecule has 0 unspecified atom stereocenters. The molecule has 6 aromatic rings. The molecule has 4 heterocycles. The number of morpholine rings is 2. The van der Waals surface area contributed by atoms with Crippen LogP contribution in [0.1, 0.15) is 11.1 Å². The van der Waals surface area contributed by atoms with Crippen LogP contribution in [-0.4, -0.2) is 168 Å². The molecule has 322 valence electrons. The number of aromatic nitrogens is 6. The Kier molecular flexibility index (Phi) is 16.6. The van der Waals surface area contributed by atoms with E-state index >= 15 is 0 Å². The monoisotopic (exact) mass is 926 g/mol. The van der Waals surface area contributed by atoms with Gasteiger partial charge < -0.3 is 40.5 Å². The summed E-state index contributed by atoms with van der Waals surface area (Å²) in [4.78, 5) is 30.1. The summed E-state index contributed by atoms with van der Waals surface area (Å²) in [6.45, 7) is 4.13. The number of hydrogen-bond acceptors (Lipinski definition) is 18. The van der Waals surface area contributed by atoms with E-state index in [9.17, 15) is 25.9 Å². The van der Waals surface area contributed by atoms with Crippen molar-refractivity contribution in [3.8, 4) is 0 Å². The second-order valence-electron chi connectivity index (χ2n) is 13.8. The van der Waals surface area contributed by atoms with Crippen molar-refractivity contribution in [2.75, 3.05) is 83.7 Å². The molecule has 24 heteroatoms. The quantitative estimate of drug-likeness (QED) is 0.0495. The van der Waals surface area contributed by atoms with Crippen molar-refractivity contribution in [2.24, 2.45) is 0 Å². The van der Waals surface area contributed by atoms with Gasteiger partial charge in [-0.15, -0.1) is 0 Å². The molecule has 2 aromatic heterocycles. The van der Waals surface area contributed by atoms with Gasteiger partial charge >= 0.3 is 0 Å². The van der Waals surface area contributed by atoms with Gasteiger partial charge in [-0.2, -0.15) is 46.7 Å². The Morgan fingerprint density at radius 2 is 0.797 bits per heavy atom. The molecule has 8 rings (SSSR count). The van der Waals surface area contributed by atoms with Gasteiger partial charge in [0.15, 0.2) is 0 Å². The first-order valence-corrected chi connectivity index (χ1v) is 22.1. The SMILES string of the molecule is O=S(=O)(O)c1cc(Nc2nc(Nc3ccccc3)nc(N3CCOCC3)n2)ccc1/C=C/c1ccc(Nc2nc(Nc3ccccc3)nc(N3CCOCC3)n2)cc1S(=O)(=O)O.[Na].[Na].